The van der Waals surface area contributed by atoms with Crippen LogP contribution >= 0.6 is 0 Å². The summed E-state index contributed by atoms with van der Waals surface area (Å²) in [6, 6.07) is 13.9. The Hall–Kier alpha value is -3.06. The Labute approximate surface area is 181 Å². The molecule has 1 fully saturated rings. The van der Waals surface area contributed by atoms with E-state index in [-0.39, 0.29) is 11.6 Å². The lowest BCUT2D eigenvalue weighted by Crippen LogP contribution is -2.47. The Morgan fingerprint density at radius 3 is 2.29 bits per heavy atom. The lowest BCUT2D eigenvalue weighted by atomic mass is 10.1. The summed E-state index contributed by atoms with van der Waals surface area (Å²) in [7, 11) is 0. The first kappa shape index (κ1) is 19.9. The van der Waals surface area contributed by atoms with Gasteiger partial charge in [0.1, 0.15) is 11.6 Å². The Morgan fingerprint density at radius 1 is 0.806 bits per heavy atom. The zero-order chi connectivity index (χ0) is 21.2. The van der Waals surface area contributed by atoms with Gasteiger partial charge in [-0.15, -0.1) is 0 Å². The van der Waals surface area contributed by atoms with Crippen LogP contribution in [-0.2, 0) is 19.5 Å². The van der Waals surface area contributed by atoms with Crippen LogP contribution in [0, 0.1) is 11.6 Å². The number of fused-ring (bicyclic) bond motifs is 1. The van der Waals surface area contributed by atoms with E-state index in [1.54, 1.807) is 12.1 Å². The highest BCUT2D eigenvalue weighted by Gasteiger charge is 2.24. The molecule has 0 atom stereocenters. The third-order valence-electron chi connectivity index (χ3n) is 6.11. The van der Waals surface area contributed by atoms with Crippen molar-refractivity contribution in [3.05, 3.63) is 83.2 Å². The zero-order valence-electron chi connectivity index (χ0n) is 17.3. The van der Waals surface area contributed by atoms with Gasteiger partial charge >= 0.3 is 0 Å². The fourth-order valence-electron chi connectivity index (χ4n) is 4.37. The van der Waals surface area contributed by atoms with E-state index >= 15 is 0 Å². The highest BCUT2D eigenvalue weighted by molar-refractivity contribution is 5.49. The summed E-state index contributed by atoms with van der Waals surface area (Å²) in [6.07, 6.45) is 2.74. The van der Waals surface area contributed by atoms with Crippen molar-refractivity contribution in [1.29, 1.82) is 0 Å². The first-order valence-electron chi connectivity index (χ1n) is 10.7. The number of piperazine rings is 1. The topological polar surface area (TPSA) is 35.5 Å². The Bertz CT molecular complexity index is 1070. The van der Waals surface area contributed by atoms with Gasteiger partial charge < -0.3 is 9.80 Å². The van der Waals surface area contributed by atoms with Crippen molar-refractivity contribution in [3.63, 3.8) is 0 Å². The van der Waals surface area contributed by atoms with E-state index in [2.05, 4.69) is 19.7 Å². The van der Waals surface area contributed by atoms with E-state index in [0.29, 0.717) is 12.2 Å². The molecule has 3 aromatic rings. The number of nitrogens with zero attached hydrogens (tertiary/aromatic N) is 5. The zero-order valence-corrected chi connectivity index (χ0v) is 17.3. The SMILES string of the molecule is Fc1ccccc1CN1CCc2nc(N3CCN(c4ccccc4F)CC3)ncc2C1. The van der Waals surface area contributed by atoms with E-state index in [4.69, 9.17) is 4.98 Å². The van der Waals surface area contributed by atoms with Gasteiger partial charge in [0.05, 0.1) is 11.4 Å². The van der Waals surface area contributed by atoms with Crippen LogP contribution in [0.1, 0.15) is 16.8 Å². The largest absolute Gasteiger partial charge is 0.366 e. The summed E-state index contributed by atoms with van der Waals surface area (Å²) in [6.45, 7) is 5.14. The minimum Gasteiger partial charge on any atom is -0.366 e. The Morgan fingerprint density at radius 2 is 1.52 bits per heavy atom. The summed E-state index contributed by atoms with van der Waals surface area (Å²) in [5, 5.41) is 0. The smallest absolute Gasteiger partial charge is 0.225 e. The molecule has 0 unspecified atom stereocenters. The summed E-state index contributed by atoms with van der Waals surface area (Å²) < 4.78 is 28.0. The number of anilines is 2. The molecule has 0 spiro atoms. The molecular formula is C24H25F2N5. The molecule has 2 aromatic carbocycles. The molecule has 1 saturated heterocycles. The molecule has 31 heavy (non-hydrogen) atoms. The number of hydrogen-bond acceptors (Lipinski definition) is 5. The average molecular weight is 421 g/mol. The van der Waals surface area contributed by atoms with E-state index in [0.717, 1.165) is 68.5 Å². The van der Waals surface area contributed by atoms with E-state index in [1.807, 2.05) is 30.5 Å². The van der Waals surface area contributed by atoms with Crippen LogP contribution < -0.4 is 9.80 Å². The van der Waals surface area contributed by atoms with Gasteiger partial charge in [-0.25, -0.2) is 18.7 Å². The fraction of sp³-hybridized carbons (Fsp3) is 0.333. The van der Waals surface area contributed by atoms with Gasteiger partial charge in [0.2, 0.25) is 5.95 Å². The van der Waals surface area contributed by atoms with Crippen LogP contribution in [-0.4, -0.2) is 47.6 Å². The lowest BCUT2D eigenvalue weighted by Gasteiger charge is -2.36. The van der Waals surface area contributed by atoms with Crippen molar-refractivity contribution in [2.45, 2.75) is 19.5 Å². The van der Waals surface area contributed by atoms with Crippen LogP contribution in [0.25, 0.3) is 0 Å². The molecule has 0 bridgehead atoms. The highest BCUT2D eigenvalue weighted by atomic mass is 19.1. The van der Waals surface area contributed by atoms with E-state index < -0.39 is 0 Å². The second-order valence-corrected chi connectivity index (χ2v) is 8.12. The Kier molecular flexibility index (Phi) is 5.51. The van der Waals surface area contributed by atoms with Crippen molar-refractivity contribution in [3.8, 4) is 0 Å². The van der Waals surface area contributed by atoms with Gasteiger partial charge in [0.25, 0.3) is 0 Å². The van der Waals surface area contributed by atoms with Gasteiger partial charge in [0.15, 0.2) is 0 Å². The summed E-state index contributed by atoms with van der Waals surface area (Å²) in [5.41, 5.74) is 3.56. The second kappa shape index (κ2) is 8.59. The van der Waals surface area contributed by atoms with Crippen LogP contribution in [0.3, 0.4) is 0 Å². The normalized spacial score (nSPS) is 17.0. The van der Waals surface area contributed by atoms with Gasteiger partial charge in [-0.1, -0.05) is 30.3 Å². The number of aromatic nitrogens is 2. The standard InChI is InChI=1S/C24H25F2N5/c25-20-6-2-1-5-18(20)16-29-10-9-22-19(17-29)15-27-24(28-22)31-13-11-30(12-14-31)23-8-4-3-7-21(23)26/h1-8,15H,9-14,16-17H2. The van der Waals surface area contributed by atoms with Gasteiger partial charge in [0, 0.05) is 69.6 Å². The molecule has 160 valence electrons. The molecular weight excluding hydrogens is 396 g/mol. The lowest BCUT2D eigenvalue weighted by molar-refractivity contribution is 0.239. The number of benzene rings is 2. The van der Waals surface area contributed by atoms with Gasteiger partial charge in [-0.2, -0.15) is 0 Å². The molecule has 5 nitrogen and oxygen atoms in total. The molecule has 2 aliphatic rings. The maximum Gasteiger partial charge on any atom is 0.225 e. The number of hydrogen-bond donors (Lipinski definition) is 0. The molecule has 5 rings (SSSR count). The van der Waals surface area contributed by atoms with Crippen LogP contribution in [0.15, 0.2) is 54.7 Å². The third kappa shape index (κ3) is 4.23. The molecule has 3 heterocycles. The molecule has 0 aliphatic carbocycles. The first-order chi connectivity index (χ1) is 15.2. The first-order valence-corrected chi connectivity index (χ1v) is 10.7. The summed E-state index contributed by atoms with van der Waals surface area (Å²) >= 11 is 0. The molecule has 0 radical (unpaired) electrons. The molecule has 0 N–H and O–H groups in total. The second-order valence-electron chi connectivity index (χ2n) is 8.12. The molecule has 7 heteroatoms. The maximum atomic E-state index is 14.1. The van der Waals surface area contributed by atoms with Crippen molar-refractivity contribution in [2.75, 3.05) is 42.5 Å². The minimum atomic E-state index is -0.180. The van der Waals surface area contributed by atoms with Crippen LogP contribution in [0.5, 0.6) is 0 Å². The number of rotatable bonds is 4. The molecule has 0 saturated carbocycles. The van der Waals surface area contributed by atoms with Crippen molar-refractivity contribution in [1.82, 2.24) is 14.9 Å². The predicted octanol–water partition coefficient (Wildman–Crippen LogP) is 3.64. The van der Waals surface area contributed by atoms with E-state index in [9.17, 15) is 8.78 Å². The van der Waals surface area contributed by atoms with Crippen LogP contribution in [0.2, 0.25) is 0 Å². The van der Waals surface area contributed by atoms with Gasteiger partial charge in [-0.3, -0.25) is 4.90 Å². The van der Waals surface area contributed by atoms with Crippen molar-refractivity contribution < 1.29 is 8.78 Å². The highest BCUT2D eigenvalue weighted by Crippen LogP contribution is 2.24. The fourth-order valence-corrected chi connectivity index (χ4v) is 4.37. The number of halogens is 2. The summed E-state index contributed by atoms with van der Waals surface area (Å²) in [5.74, 6) is 0.407. The quantitative estimate of drug-likeness (QED) is 0.643. The van der Waals surface area contributed by atoms with Crippen LogP contribution in [0.4, 0.5) is 20.4 Å². The monoisotopic (exact) mass is 421 g/mol. The average Bonchev–Trinajstić information content (AvgIpc) is 2.81. The van der Waals surface area contributed by atoms with Crippen molar-refractivity contribution >= 4 is 11.6 Å². The maximum absolute atomic E-state index is 14.1. The predicted molar refractivity (Wildman–Crippen MR) is 117 cm³/mol. The minimum absolute atomic E-state index is 0.158. The summed E-state index contributed by atoms with van der Waals surface area (Å²) in [4.78, 5) is 15.9. The van der Waals surface area contributed by atoms with Gasteiger partial charge in [-0.05, 0) is 18.2 Å². The Balaban J connectivity index is 1.23. The number of para-hydroxylation sites is 1. The molecule has 2 aliphatic heterocycles. The molecule has 0 amide bonds. The van der Waals surface area contributed by atoms with Crippen molar-refractivity contribution in [2.24, 2.45) is 0 Å². The molecule has 1 aromatic heterocycles. The third-order valence-corrected chi connectivity index (χ3v) is 6.11. The van der Waals surface area contributed by atoms with E-state index in [1.165, 1.54) is 12.1 Å².